The van der Waals surface area contributed by atoms with Gasteiger partial charge in [0, 0.05) is 4.83 Å². The maximum absolute atomic E-state index is 3.70. The van der Waals surface area contributed by atoms with Gasteiger partial charge in [-0.3, -0.25) is 0 Å². The van der Waals surface area contributed by atoms with Crippen molar-refractivity contribution in [2.45, 2.75) is 45.4 Å². The summed E-state index contributed by atoms with van der Waals surface area (Å²) in [4.78, 5) is 0.599. The lowest BCUT2D eigenvalue weighted by molar-refractivity contribution is 0.507. The van der Waals surface area contributed by atoms with Crippen molar-refractivity contribution in [3.63, 3.8) is 0 Å². The second-order valence-corrected chi connectivity index (χ2v) is 5.92. The van der Waals surface area contributed by atoms with Gasteiger partial charge in [-0.2, -0.15) is 0 Å². The molecule has 0 aliphatic rings. The van der Waals surface area contributed by atoms with Crippen LogP contribution in [0.15, 0.2) is 18.2 Å². The van der Waals surface area contributed by atoms with E-state index in [1.165, 1.54) is 29.5 Å². The zero-order chi connectivity index (χ0) is 11.4. The third kappa shape index (κ3) is 3.64. The summed E-state index contributed by atoms with van der Waals surface area (Å²) in [6, 6.07) is 6.75. The second kappa shape index (κ2) is 5.69. The molecule has 0 bridgehead atoms. The van der Waals surface area contributed by atoms with Gasteiger partial charge in [-0.1, -0.05) is 60.0 Å². The number of benzene rings is 1. The molecule has 0 aromatic heterocycles. The minimum Gasteiger partial charge on any atom is -0.0891 e. The quantitative estimate of drug-likeness (QED) is 0.697. The number of rotatable bonds is 4. The maximum Gasteiger partial charge on any atom is 0.0148 e. The SMILES string of the molecule is CCC(Cc1cc(C)ccc1C)C(C)Br. The van der Waals surface area contributed by atoms with Gasteiger partial charge in [0.25, 0.3) is 0 Å². The Morgan fingerprint density at radius 2 is 1.93 bits per heavy atom. The lowest BCUT2D eigenvalue weighted by Gasteiger charge is -2.19. The van der Waals surface area contributed by atoms with Crippen LogP contribution in [0.4, 0.5) is 0 Å². The van der Waals surface area contributed by atoms with Crippen molar-refractivity contribution in [1.29, 1.82) is 0 Å². The molecule has 0 nitrogen and oxygen atoms in total. The monoisotopic (exact) mass is 268 g/mol. The Balaban J connectivity index is 2.82. The lowest BCUT2D eigenvalue weighted by Crippen LogP contribution is -2.13. The van der Waals surface area contributed by atoms with E-state index < -0.39 is 0 Å². The zero-order valence-corrected chi connectivity index (χ0v) is 11.8. The smallest absolute Gasteiger partial charge is 0.0148 e. The van der Waals surface area contributed by atoms with E-state index in [9.17, 15) is 0 Å². The van der Waals surface area contributed by atoms with Gasteiger partial charge < -0.3 is 0 Å². The Labute approximate surface area is 102 Å². The Hall–Kier alpha value is -0.300. The summed E-state index contributed by atoms with van der Waals surface area (Å²) in [5.74, 6) is 0.741. The molecule has 0 heterocycles. The predicted octanol–water partition coefficient (Wildman–Crippen LogP) is 4.66. The first-order valence-corrected chi connectivity index (χ1v) is 6.66. The molecule has 0 fully saturated rings. The van der Waals surface area contributed by atoms with Crippen LogP contribution in [0.2, 0.25) is 0 Å². The molecule has 2 unspecified atom stereocenters. The van der Waals surface area contributed by atoms with Gasteiger partial charge in [-0.25, -0.2) is 0 Å². The molecule has 0 aliphatic heterocycles. The molecule has 0 saturated heterocycles. The van der Waals surface area contributed by atoms with Crippen LogP contribution < -0.4 is 0 Å². The highest BCUT2D eigenvalue weighted by atomic mass is 79.9. The fraction of sp³-hybridized carbons (Fsp3) is 0.571. The summed E-state index contributed by atoms with van der Waals surface area (Å²) in [7, 11) is 0. The molecule has 1 aromatic rings. The molecule has 15 heavy (non-hydrogen) atoms. The van der Waals surface area contributed by atoms with E-state index in [1.807, 2.05) is 0 Å². The van der Waals surface area contributed by atoms with Crippen molar-refractivity contribution >= 4 is 15.9 Å². The molecule has 0 aliphatic carbocycles. The van der Waals surface area contributed by atoms with Crippen molar-refractivity contribution in [3.05, 3.63) is 34.9 Å². The summed E-state index contributed by atoms with van der Waals surface area (Å²) >= 11 is 3.70. The van der Waals surface area contributed by atoms with Gasteiger partial charge >= 0.3 is 0 Å². The number of hydrogen-bond acceptors (Lipinski definition) is 0. The topological polar surface area (TPSA) is 0 Å². The van der Waals surface area contributed by atoms with Crippen LogP contribution >= 0.6 is 15.9 Å². The van der Waals surface area contributed by atoms with E-state index in [0.29, 0.717) is 4.83 Å². The van der Waals surface area contributed by atoms with Gasteiger partial charge in [0.1, 0.15) is 0 Å². The van der Waals surface area contributed by atoms with Crippen molar-refractivity contribution < 1.29 is 0 Å². The molecule has 0 radical (unpaired) electrons. The van der Waals surface area contributed by atoms with Gasteiger partial charge in [0.15, 0.2) is 0 Å². The molecule has 0 saturated carbocycles. The van der Waals surface area contributed by atoms with Crippen LogP contribution in [0, 0.1) is 19.8 Å². The molecule has 1 heteroatoms. The Morgan fingerprint density at radius 3 is 2.47 bits per heavy atom. The number of aryl methyl sites for hydroxylation is 2. The lowest BCUT2D eigenvalue weighted by atomic mass is 9.91. The second-order valence-electron chi connectivity index (χ2n) is 4.48. The number of halogens is 1. The van der Waals surface area contributed by atoms with Crippen molar-refractivity contribution in [3.8, 4) is 0 Å². The van der Waals surface area contributed by atoms with E-state index in [4.69, 9.17) is 0 Å². The van der Waals surface area contributed by atoms with Gasteiger partial charge in [-0.05, 0) is 37.3 Å². The van der Waals surface area contributed by atoms with Crippen molar-refractivity contribution in [2.75, 3.05) is 0 Å². The molecule has 1 aromatic carbocycles. The molecular formula is C14H21Br. The molecule has 0 spiro atoms. The largest absolute Gasteiger partial charge is 0.0891 e. The predicted molar refractivity (Wildman–Crippen MR) is 71.8 cm³/mol. The Bertz CT molecular complexity index is 315. The van der Waals surface area contributed by atoms with E-state index in [2.05, 4.69) is 61.8 Å². The minimum atomic E-state index is 0.599. The standard InChI is InChI=1S/C14H21Br/c1-5-13(12(4)15)9-14-8-10(2)6-7-11(14)3/h6-8,12-13H,5,9H2,1-4H3. The van der Waals surface area contributed by atoms with Crippen LogP contribution in [0.25, 0.3) is 0 Å². The molecule has 2 atom stereocenters. The van der Waals surface area contributed by atoms with Crippen LogP contribution in [0.1, 0.15) is 37.0 Å². The highest BCUT2D eigenvalue weighted by Crippen LogP contribution is 2.23. The average Bonchev–Trinajstić information content (AvgIpc) is 2.18. The fourth-order valence-electron chi connectivity index (χ4n) is 1.93. The maximum atomic E-state index is 3.70. The Morgan fingerprint density at radius 1 is 1.27 bits per heavy atom. The van der Waals surface area contributed by atoms with Crippen LogP contribution in [0.3, 0.4) is 0 Å². The minimum absolute atomic E-state index is 0.599. The Kier molecular flexibility index (Phi) is 4.85. The normalized spacial score (nSPS) is 15.0. The van der Waals surface area contributed by atoms with E-state index in [-0.39, 0.29) is 0 Å². The number of alkyl halides is 1. The molecule has 0 amide bonds. The third-order valence-electron chi connectivity index (χ3n) is 3.16. The molecular weight excluding hydrogens is 248 g/mol. The summed E-state index contributed by atoms with van der Waals surface area (Å²) in [6.07, 6.45) is 2.43. The zero-order valence-electron chi connectivity index (χ0n) is 10.2. The molecule has 0 N–H and O–H groups in total. The van der Waals surface area contributed by atoms with Gasteiger partial charge in [0.05, 0.1) is 0 Å². The van der Waals surface area contributed by atoms with Crippen LogP contribution in [0.5, 0.6) is 0 Å². The summed E-state index contributed by atoms with van der Waals surface area (Å²) in [5, 5.41) is 0. The summed E-state index contributed by atoms with van der Waals surface area (Å²) < 4.78 is 0. The van der Waals surface area contributed by atoms with Crippen molar-refractivity contribution in [1.82, 2.24) is 0 Å². The first-order chi connectivity index (χ1) is 7.04. The van der Waals surface area contributed by atoms with Gasteiger partial charge in [-0.15, -0.1) is 0 Å². The third-order valence-corrected chi connectivity index (χ3v) is 3.91. The summed E-state index contributed by atoms with van der Waals surface area (Å²) in [6.45, 7) is 8.90. The van der Waals surface area contributed by atoms with Crippen molar-refractivity contribution in [2.24, 2.45) is 5.92 Å². The molecule has 1 rings (SSSR count). The fourth-order valence-corrected chi connectivity index (χ4v) is 2.49. The summed E-state index contributed by atoms with van der Waals surface area (Å²) in [5.41, 5.74) is 4.30. The average molecular weight is 269 g/mol. The van der Waals surface area contributed by atoms with E-state index in [0.717, 1.165) is 5.92 Å². The number of hydrogen-bond donors (Lipinski definition) is 0. The first-order valence-electron chi connectivity index (χ1n) is 5.74. The van der Waals surface area contributed by atoms with E-state index in [1.54, 1.807) is 0 Å². The van der Waals surface area contributed by atoms with Gasteiger partial charge in [0.2, 0.25) is 0 Å². The van der Waals surface area contributed by atoms with Crippen LogP contribution in [-0.2, 0) is 6.42 Å². The highest BCUT2D eigenvalue weighted by Gasteiger charge is 2.14. The van der Waals surface area contributed by atoms with E-state index >= 15 is 0 Å². The first kappa shape index (κ1) is 12.8. The molecule has 84 valence electrons. The highest BCUT2D eigenvalue weighted by molar-refractivity contribution is 9.09. The van der Waals surface area contributed by atoms with Crippen LogP contribution in [-0.4, -0.2) is 4.83 Å².